The third kappa shape index (κ3) is 4.57. The molecule has 8 nitrogen and oxygen atoms in total. The standard InChI is InChI=1S/C20H22FN5O3/c21-16-4-1-3-15(13-16)20(29)26-12-2-11-25(18(26)17(27)24-10-7-22)19(28)14-5-8-23-9-6-14/h1,3-6,8-9,13,18H,2,7,10-12,22H2,(H,24,27). The minimum Gasteiger partial charge on any atom is -0.351 e. The molecule has 1 aliphatic rings. The molecule has 1 unspecified atom stereocenters. The number of nitrogens with one attached hydrogen (secondary N) is 1. The van der Waals surface area contributed by atoms with E-state index in [1.807, 2.05) is 0 Å². The number of amides is 3. The van der Waals surface area contributed by atoms with Crippen molar-refractivity contribution in [2.24, 2.45) is 5.73 Å². The van der Waals surface area contributed by atoms with E-state index in [0.717, 1.165) is 6.07 Å². The summed E-state index contributed by atoms with van der Waals surface area (Å²) in [6, 6.07) is 8.34. The van der Waals surface area contributed by atoms with Crippen LogP contribution >= 0.6 is 0 Å². The molecule has 0 bridgehead atoms. The van der Waals surface area contributed by atoms with E-state index in [0.29, 0.717) is 18.5 Å². The first kappa shape index (κ1) is 20.4. The highest BCUT2D eigenvalue weighted by Crippen LogP contribution is 2.21. The minimum absolute atomic E-state index is 0.111. The first-order valence-electron chi connectivity index (χ1n) is 9.28. The van der Waals surface area contributed by atoms with Gasteiger partial charge in [0.25, 0.3) is 17.7 Å². The van der Waals surface area contributed by atoms with Crippen LogP contribution in [0.5, 0.6) is 0 Å². The van der Waals surface area contributed by atoms with E-state index >= 15 is 0 Å². The number of hydrogen-bond acceptors (Lipinski definition) is 5. The van der Waals surface area contributed by atoms with Crippen molar-refractivity contribution in [1.29, 1.82) is 0 Å². The lowest BCUT2D eigenvalue weighted by atomic mass is 10.1. The van der Waals surface area contributed by atoms with Gasteiger partial charge in [-0.15, -0.1) is 0 Å². The molecule has 1 atom stereocenters. The topological polar surface area (TPSA) is 109 Å². The molecule has 3 N–H and O–H groups in total. The van der Waals surface area contributed by atoms with Gasteiger partial charge in [0.15, 0.2) is 6.17 Å². The van der Waals surface area contributed by atoms with E-state index in [2.05, 4.69) is 10.3 Å². The monoisotopic (exact) mass is 399 g/mol. The molecular formula is C20H22FN5O3. The van der Waals surface area contributed by atoms with E-state index in [-0.39, 0.29) is 25.2 Å². The Balaban J connectivity index is 1.94. The summed E-state index contributed by atoms with van der Waals surface area (Å²) in [4.78, 5) is 45.5. The molecule has 1 aliphatic heterocycles. The zero-order chi connectivity index (χ0) is 20.8. The summed E-state index contributed by atoms with van der Waals surface area (Å²) in [5.74, 6) is -1.98. The van der Waals surface area contributed by atoms with Crippen LogP contribution in [0.2, 0.25) is 0 Å². The second-order valence-electron chi connectivity index (χ2n) is 6.55. The Morgan fingerprint density at radius 3 is 2.34 bits per heavy atom. The first-order valence-corrected chi connectivity index (χ1v) is 9.28. The molecule has 1 aromatic heterocycles. The van der Waals surface area contributed by atoms with E-state index in [1.165, 1.54) is 40.4 Å². The Kier molecular flexibility index (Phi) is 6.50. The van der Waals surface area contributed by atoms with Crippen LogP contribution in [0, 0.1) is 5.82 Å². The predicted octanol–water partition coefficient (Wildman–Crippen LogP) is 0.610. The van der Waals surface area contributed by atoms with Crippen LogP contribution in [0.25, 0.3) is 0 Å². The SMILES string of the molecule is NCCNC(=O)C1N(C(=O)c2ccncc2)CCCN1C(=O)c1cccc(F)c1. The molecule has 3 rings (SSSR count). The quantitative estimate of drug-likeness (QED) is 0.766. The van der Waals surface area contributed by atoms with Gasteiger partial charge in [0.05, 0.1) is 0 Å². The molecule has 1 saturated heterocycles. The molecule has 9 heteroatoms. The Morgan fingerprint density at radius 1 is 1.07 bits per heavy atom. The highest BCUT2D eigenvalue weighted by atomic mass is 19.1. The maximum Gasteiger partial charge on any atom is 0.263 e. The Labute approximate surface area is 167 Å². The molecule has 0 saturated carbocycles. The van der Waals surface area contributed by atoms with Gasteiger partial charge in [0.2, 0.25) is 0 Å². The fourth-order valence-electron chi connectivity index (χ4n) is 3.27. The van der Waals surface area contributed by atoms with Gasteiger partial charge in [-0.2, -0.15) is 0 Å². The van der Waals surface area contributed by atoms with E-state index < -0.39 is 29.7 Å². The highest BCUT2D eigenvalue weighted by Gasteiger charge is 2.40. The molecule has 2 aromatic rings. The number of aromatic nitrogens is 1. The van der Waals surface area contributed by atoms with Crippen LogP contribution in [0.15, 0.2) is 48.8 Å². The maximum absolute atomic E-state index is 13.6. The van der Waals surface area contributed by atoms with Crippen LogP contribution in [0.4, 0.5) is 4.39 Å². The molecule has 1 fully saturated rings. The maximum atomic E-state index is 13.6. The molecule has 0 spiro atoms. The summed E-state index contributed by atoms with van der Waals surface area (Å²) in [6.45, 7) is 0.980. The van der Waals surface area contributed by atoms with Gasteiger partial charge in [-0.3, -0.25) is 19.4 Å². The van der Waals surface area contributed by atoms with Crippen LogP contribution in [0.1, 0.15) is 27.1 Å². The summed E-state index contributed by atoms with van der Waals surface area (Å²) >= 11 is 0. The second kappa shape index (κ2) is 9.24. The average Bonchev–Trinajstić information content (AvgIpc) is 2.76. The van der Waals surface area contributed by atoms with Crippen molar-refractivity contribution >= 4 is 17.7 Å². The fourth-order valence-corrected chi connectivity index (χ4v) is 3.27. The number of carbonyl (C=O) groups is 3. The summed E-state index contributed by atoms with van der Waals surface area (Å²) in [5.41, 5.74) is 5.94. The third-order valence-electron chi connectivity index (χ3n) is 4.59. The first-order chi connectivity index (χ1) is 14.0. The molecule has 29 heavy (non-hydrogen) atoms. The number of halogens is 1. The number of rotatable bonds is 5. The van der Waals surface area contributed by atoms with Crippen molar-refractivity contribution < 1.29 is 18.8 Å². The van der Waals surface area contributed by atoms with E-state index in [1.54, 1.807) is 12.1 Å². The Hall–Kier alpha value is -3.33. The average molecular weight is 399 g/mol. The molecule has 1 aromatic carbocycles. The van der Waals surface area contributed by atoms with Gasteiger partial charge < -0.3 is 20.9 Å². The van der Waals surface area contributed by atoms with Gasteiger partial charge in [0, 0.05) is 49.7 Å². The van der Waals surface area contributed by atoms with Crippen LogP contribution < -0.4 is 11.1 Å². The summed E-state index contributed by atoms with van der Waals surface area (Å²) < 4.78 is 13.6. The Morgan fingerprint density at radius 2 is 1.72 bits per heavy atom. The lowest BCUT2D eigenvalue weighted by molar-refractivity contribution is -0.132. The second-order valence-corrected chi connectivity index (χ2v) is 6.55. The largest absolute Gasteiger partial charge is 0.351 e. The van der Waals surface area contributed by atoms with Crippen molar-refractivity contribution in [1.82, 2.24) is 20.1 Å². The van der Waals surface area contributed by atoms with Crippen molar-refractivity contribution in [2.45, 2.75) is 12.6 Å². The van der Waals surface area contributed by atoms with Crippen LogP contribution in [-0.4, -0.2) is 64.9 Å². The molecule has 3 amide bonds. The number of carbonyl (C=O) groups excluding carboxylic acids is 3. The predicted molar refractivity (Wildman–Crippen MR) is 103 cm³/mol. The van der Waals surface area contributed by atoms with Crippen molar-refractivity contribution in [3.05, 3.63) is 65.7 Å². The summed E-state index contributed by atoms with van der Waals surface area (Å²) in [6.07, 6.45) is 2.29. The lowest BCUT2D eigenvalue weighted by Crippen LogP contribution is -2.63. The number of nitrogens with zero attached hydrogens (tertiary/aromatic N) is 3. The zero-order valence-corrected chi connectivity index (χ0v) is 15.8. The van der Waals surface area contributed by atoms with Gasteiger partial charge in [0.1, 0.15) is 5.82 Å². The van der Waals surface area contributed by atoms with Gasteiger partial charge in [-0.1, -0.05) is 6.07 Å². The van der Waals surface area contributed by atoms with Gasteiger partial charge >= 0.3 is 0 Å². The summed E-state index contributed by atoms with van der Waals surface area (Å²) in [7, 11) is 0. The van der Waals surface area contributed by atoms with Crippen molar-refractivity contribution in [3.8, 4) is 0 Å². The molecule has 0 radical (unpaired) electrons. The number of hydrogen-bond donors (Lipinski definition) is 2. The van der Waals surface area contributed by atoms with E-state index in [4.69, 9.17) is 5.73 Å². The molecule has 2 heterocycles. The molecule has 152 valence electrons. The van der Waals surface area contributed by atoms with Crippen LogP contribution in [-0.2, 0) is 4.79 Å². The summed E-state index contributed by atoms with van der Waals surface area (Å²) in [5, 5.41) is 2.65. The smallest absolute Gasteiger partial charge is 0.263 e. The Bertz CT molecular complexity index is 893. The fraction of sp³-hybridized carbons (Fsp3) is 0.300. The number of pyridine rings is 1. The van der Waals surface area contributed by atoms with Crippen molar-refractivity contribution in [2.75, 3.05) is 26.2 Å². The van der Waals surface area contributed by atoms with Gasteiger partial charge in [-0.25, -0.2) is 4.39 Å². The molecular weight excluding hydrogens is 377 g/mol. The van der Waals surface area contributed by atoms with Gasteiger partial charge in [-0.05, 0) is 36.8 Å². The number of benzene rings is 1. The van der Waals surface area contributed by atoms with Crippen molar-refractivity contribution in [3.63, 3.8) is 0 Å². The zero-order valence-electron chi connectivity index (χ0n) is 15.8. The number of nitrogens with two attached hydrogens (primary N) is 1. The van der Waals surface area contributed by atoms with Crippen LogP contribution in [0.3, 0.4) is 0 Å². The normalized spacial score (nSPS) is 16.4. The minimum atomic E-state index is -1.16. The lowest BCUT2D eigenvalue weighted by Gasteiger charge is -2.42. The molecule has 0 aliphatic carbocycles. The highest BCUT2D eigenvalue weighted by molar-refractivity contribution is 6.01. The van der Waals surface area contributed by atoms with E-state index in [9.17, 15) is 18.8 Å². The third-order valence-corrected chi connectivity index (χ3v) is 4.59.